The van der Waals surface area contributed by atoms with Gasteiger partial charge in [0.2, 0.25) is 0 Å². The molecule has 2 bridgehead atoms. The summed E-state index contributed by atoms with van der Waals surface area (Å²) >= 11 is 0. The molecule has 31 heavy (non-hydrogen) atoms. The fourth-order valence-corrected chi connectivity index (χ4v) is 6.41. The Hall–Kier alpha value is -2.77. The van der Waals surface area contributed by atoms with Gasteiger partial charge in [0.05, 0.1) is 0 Å². The normalized spacial score (nSPS) is 33.9. The Morgan fingerprint density at radius 1 is 1.32 bits per heavy atom. The van der Waals surface area contributed by atoms with Gasteiger partial charge in [0.25, 0.3) is 0 Å². The Morgan fingerprint density at radius 3 is 2.97 bits per heavy atom. The number of ether oxygens (including phenoxy) is 2. The number of aromatic hydroxyl groups is 1. The number of carbonyl (C=O) groups excluding carboxylic acids is 1. The molecular weight excluding hydrogens is 402 g/mol. The van der Waals surface area contributed by atoms with Gasteiger partial charge in [0.1, 0.15) is 11.0 Å². The second kappa shape index (κ2) is 7.43. The summed E-state index contributed by atoms with van der Waals surface area (Å²) in [6.45, 7) is 2.35. The lowest BCUT2D eigenvalue weighted by Crippen LogP contribution is -2.60. The van der Waals surface area contributed by atoms with Crippen LogP contribution < -0.4 is 4.74 Å². The lowest BCUT2D eigenvalue weighted by Gasteiger charge is -2.55. The summed E-state index contributed by atoms with van der Waals surface area (Å²) < 4.78 is 12.2. The molecule has 2 unspecified atom stereocenters. The number of esters is 1. The molecule has 0 amide bonds. The van der Waals surface area contributed by atoms with Crippen LogP contribution in [0.5, 0.6) is 11.5 Å². The second-order valence-corrected chi connectivity index (χ2v) is 9.30. The van der Waals surface area contributed by atoms with Crippen molar-refractivity contribution in [2.75, 3.05) is 6.61 Å². The predicted octanol–water partition coefficient (Wildman–Crippen LogP) is 3.36. The van der Waals surface area contributed by atoms with E-state index in [0.29, 0.717) is 36.3 Å². The van der Waals surface area contributed by atoms with Crippen LogP contribution in [0.4, 0.5) is 0 Å². The number of unbranched alkanes of at least 4 members (excludes halogenated alkanes) is 1. The van der Waals surface area contributed by atoms with E-state index < -0.39 is 11.2 Å². The summed E-state index contributed by atoms with van der Waals surface area (Å²) in [5.41, 5.74) is 2.12. The number of nitrogens with zero attached hydrogens (tertiary/aromatic N) is 1. The fourth-order valence-electron chi connectivity index (χ4n) is 6.41. The molecule has 1 heterocycles. The highest BCUT2D eigenvalue weighted by molar-refractivity contribution is 5.70. The molecule has 1 saturated carbocycles. The van der Waals surface area contributed by atoms with Crippen LogP contribution in [0.25, 0.3) is 0 Å². The highest BCUT2D eigenvalue weighted by Gasteiger charge is 2.65. The molecule has 8 nitrogen and oxygen atoms in total. The number of rotatable bonds is 7. The third-order valence-electron chi connectivity index (χ3n) is 7.75. The van der Waals surface area contributed by atoms with Crippen LogP contribution >= 0.6 is 0 Å². The molecule has 1 aromatic rings. The van der Waals surface area contributed by atoms with E-state index in [4.69, 9.17) is 14.7 Å². The van der Waals surface area contributed by atoms with Crippen LogP contribution in [-0.2, 0) is 26.2 Å². The highest BCUT2D eigenvalue weighted by Crippen LogP contribution is 2.65. The SMILES string of the molecule is C[C@H]1CC[C@]23c4c5ccc(O)c4O[C@H]2C(OC(=O)CCCCO[N+](=O)O)C=CC3[C@H]1C5. The summed E-state index contributed by atoms with van der Waals surface area (Å²) in [6, 6.07) is 3.74. The zero-order valence-electron chi connectivity index (χ0n) is 17.5. The van der Waals surface area contributed by atoms with E-state index >= 15 is 0 Å². The summed E-state index contributed by atoms with van der Waals surface area (Å²) in [5, 5.41) is 18.4. The van der Waals surface area contributed by atoms with Crippen LogP contribution in [-0.4, -0.2) is 40.2 Å². The number of phenolic OH excluding ortho intramolecular Hbond substituents is 1. The van der Waals surface area contributed by atoms with Crippen LogP contribution in [0.1, 0.15) is 50.2 Å². The molecule has 166 valence electrons. The van der Waals surface area contributed by atoms with Crippen LogP contribution in [0, 0.1) is 22.7 Å². The Balaban J connectivity index is 1.37. The molecule has 6 atom stereocenters. The number of allylic oxidation sites excluding steroid dienone is 1. The van der Waals surface area contributed by atoms with E-state index in [1.54, 1.807) is 6.07 Å². The molecule has 1 aliphatic heterocycles. The smallest absolute Gasteiger partial charge is 0.475 e. The Morgan fingerprint density at radius 2 is 2.16 bits per heavy atom. The molecule has 1 spiro atoms. The molecule has 4 aliphatic rings. The molecule has 1 fully saturated rings. The van der Waals surface area contributed by atoms with E-state index in [2.05, 4.69) is 17.8 Å². The predicted molar refractivity (Wildman–Crippen MR) is 108 cm³/mol. The molecule has 0 saturated heterocycles. The lowest BCUT2D eigenvalue weighted by molar-refractivity contribution is -0.975. The molecule has 2 N–H and O–H groups in total. The summed E-state index contributed by atoms with van der Waals surface area (Å²) in [6.07, 6.45) is 7.47. The van der Waals surface area contributed by atoms with Crippen molar-refractivity contribution in [1.29, 1.82) is 0 Å². The minimum atomic E-state index is -0.581. The quantitative estimate of drug-likeness (QED) is 0.296. The van der Waals surface area contributed by atoms with E-state index in [-0.39, 0.29) is 36.3 Å². The molecular formula is C23H28NO7+. The minimum absolute atomic E-state index is 0.0318. The molecule has 5 rings (SSSR count). The van der Waals surface area contributed by atoms with Gasteiger partial charge < -0.3 is 14.6 Å². The maximum absolute atomic E-state index is 12.5. The van der Waals surface area contributed by atoms with Gasteiger partial charge in [-0.25, -0.2) is 5.21 Å². The zero-order valence-corrected chi connectivity index (χ0v) is 17.5. The van der Waals surface area contributed by atoms with Crippen molar-refractivity contribution >= 4 is 5.97 Å². The Bertz CT molecular complexity index is 944. The van der Waals surface area contributed by atoms with Gasteiger partial charge in [0, 0.05) is 17.4 Å². The van der Waals surface area contributed by atoms with Crippen molar-refractivity contribution in [3.63, 3.8) is 0 Å². The fraction of sp³-hybridized carbons (Fsp3) is 0.609. The summed E-state index contributed by atoms with van der Waals surface area (Å²) in [5.74, 6) is 1.82. The topological polar surface area (TPSA) is 105 Å². The lowest BCUT2D eigenvalue weighted by atomic mass is 9.48. The van der Waals surface area contributed by atoms with E-state index in [9.17, 15) is 14.8 Å². The van der Waals surface area contributed by atoms with Gasteiger partial charge >= 0.3 is 11.1 Å². The standard InChI is InChI=1S/C23H27NO7/c1-13-9-10-23-16-6-8-18(30-19(26)4-2-3-11-29-24(27)28)22(23)31-21-17(25)7-5-14(20(21)23)12-15(13)16/h5-8,13,15-16,18,22H,2-4,9-12H2,1H3,(H-,25,27,28)/p+1/t13-,15-,16?,18?,22-,23-/m0/s1. The first-order valence-corrected chi connectivity index (χ1v) is 11.1. The van der Waals surface area contributed by atoms with Gasteiger partial charge in [-0.3, -0.25) is 4.79 Å². The van der Waals surface area contributed by atoms with Crippen LogP contribution in [0.3, 0.4) is 0 Å². The van der Waals surface area contributed by atoms with Crippen molar-refractivity contribution in [2.24, 2.45) is 17.8 Å². The first-order chi connectivity index (χ1) is 14.9. The molecule has 1 aromatic carbocycles. The van der Waals surface area contributed by atoms with Crippen molar-refractivity contribution < 1.29 is 34.5 Å². The first kappa shape index (κ1) is 20.2. The van der Waals surface area contributed by atoms with Gasteiger partial charge in [-0.05, 0) is 67.6 Å². The largest absolute Gasteiger partial charge is 0.504 e. The molecule has 0 radical (unpaired) electrons. The van der Waals surface area contributed by atoms with Gasteiger partial charge in [0.15, 0.2) is 24.2 Å². The molecule has 3 aliphatic carbocycles. The van der Waals surface area contributed by atoms with E-state index in [0.717, 1.165) is 24.8 Å². The highest BCUT2D eigenvalue weighted by atomic mass is 16.9. The summed E-state index contributed by atoms with van der Waals surface area (Å²) in [7, 11) is 0. The third kappa shape index (κ3) is 3.06. The van der Waals surface area contributed by atoms with Crippen LogP contribution in [0.15, 0.2) is 24.3 Å². The third-order valence-corrected chi connectivity index (χ3v) is 7.75. The number of hydrogen-bond donors (Lipinski definition) is 2. The van der Waals surface area contributed by atoms with Crippen molar-refractivity contribution in [2.45, 2.75) is 63.1 Å². The maximum atomic E-state index is 12.5. The summed E-state index contributed by atoms with van der Waals surface area (Å²) in [4.78, 5) is 27.2. The number of benzene rings is 1. The first-order valence-electron chi connectivity index (χ1n) is 11.1. The Kier molecular flexibility index (Phi) is 4.83. The zero-order chi connectivity index (χ0) is 21.8. The monoisotopic (exact) mass is 430 g/mol. The maximum Gasteiger partial charge on any atom is 0.475 e. The van der Waals surface area contributed by atoms with E-state index in [1.165, 1.54) is 5.56 Å². The van der Waals surface area contributed by atoms with Gasteiger partial charge in [-0.15, -0.1) is 0 Å². The van der Waals surface area contributed by atoms with Gasteiger partial charge in [-0.2, -0.15) is 4.84 Å². The molecule has 0 aromatic heterocycles. The number of hydrogen-bond acceptors (Lipinski definition) is 6. The average Bonchev–Trinajstić information content (AvgIpc) is 3.08. The number of phenols is 1. The Labute approximate surface area is 180 Å². The van der Waals surface area contributed by atoms with Crippen molar-refractivity contribution in [3.8, 4) is 11.5 Å². The van der Waals surface area contributed by atoms with Crippen LogP contribution in [0.2, 0.25) is 0 Å². The minimum Gasteiger partial charge on any atom is -0.504 e. The van der Waals surface area contributed by atoms with Crippen molar-refractivity contribution in [3.05, 3.63) is 40.3 Å². The van der Waals surface area contributed by atoms with E-state index in [1.807, 2.05) is 12.1 Å². The van der Waals surface area contributed by atoms with Crippen molar-refractivity contribution in [1.82, 2.24) is 0 Å². The average molecular weight is 430 g/mol. The molecule has 8 heteroatoms. The van der Waals surface area contributed by atoms with Gasteiger partial charge in [-0.1, -0.05) is 19.1 Å². The number of carbonyl (C=O) groups is 1. The second-order valence-electron chi connectivity index (χ2n) is 9.30.